The van der Waals surface area contributed by atoms with Gasteiger partial charge in [-0.1, -0.05) is 6.07 Å². The number of hydrogen-bond donors (Lipinski definition) is 1. The van der Waals surface area contributed by atoms with Gasteiger partial charge in [0.1, 0.15) is 0 Å². The first-order valence-electron chi connectivity index (χ1n) is 4.13. The van der Waals surface area contributed by atoms with Crippen LogP contribution in [0.15, 0.2) is 12.1 Å². The second kappa shape index (κ2) is 3.74. The van der Waals surface area contributed by atoms with Crippen LogP contribution in [0.3, 0.4) is 0 Å². The van der Waals surface area contributed by atoms with Crippen molar-refractivity contribution in [2.45, 2.75) is 20.3 Å². The van der Waals surface area contributed by atoms with E-state index in [1.807, 2.05) is 0 Å². The Hall–Kier alpha value is -1.45. The molecule has 0 atom stereocenters. The van der Waals surface area contributed by atoms with Gasteiger partial charge in [-0.05, 0) is 25.5 Å². The normalized spacial score (nSPS) is 10.6. The van der Waals surface area contributed by atoms with E-state index in [0.717, 1.165) is 0 Å². The molecule has 4 heteroatoms. The number of nitrogen functional groups attached to an aromatic ring is 1. The van der Waals surface area contributed by atoms with Gasteiger partial charge < -0.3 is 5.73 Å². The molecule has 0 heterocycles. The lowest BCUT2D eigenvalue weighted by Gasteiger charge is -2.11. The molecule has 76 valence electrons. The van der Waals surface area contributed by atoms with Crippen LogP contribution in [0.2, 0.25) is 0 Å². The molecule has 0 aliphatic carbocycles. The Labute approximate surface area is 80.7 Å². The molecule has 0 aliphatic heterocycles. The summed E-state index contributed by atoms with van der Waals surface area (Å²) in [5, 5.41) is 0. The van der Waals surface area contributed by atoms with E-state index >= 15 is 0 Å². The number of Topliss-reactive ketones (excluding diaryl/α,β-unsaturated/α-hetero) is 1. The molecule has 0 unspecified atom stereocenters. The van der Waals surface area contributed by atoms with Crippen molar-refractivity contribution < 1.29 is 13.6 Å². The Morgan fingerprint density at radius 1 is 1.43 bits per heavy atom. The van der Waals surface area contributed by atoms with E-state index in [4.69, 9.17) is 5.73 Å². The van der Waals surface area contributed by atoms with Gasteiger partial charge in [-0.3, -0.25) is 4.79 Å². The fourth-order valence-electron chi connectivity index (χ4n) is 1.45. The van der Waals surface area contributed by atoms with Crippen LogP contribution in [0, 0.1) is 6.92 Å². The Kier molecular flexibility index (Phi) is 2.84. The van der Waals surface area contributed by atoms with Gasteiger partial charge in [0.15, 0.2) is 5.78 Å². The van der Waals surface area contributed by atoms with Crippen molar-refractivity contribution in [3.63, 3.8) is 0 Å². The molecule has 0 aliphatic rings. The highest BCUT2D eigenvalue weighted by molar-refractivity contribution is 5.98. The van der Waals surface area contributed by atoms with Crippen molar-refractivity contribution in [3.05, 3.63) is 28.8 Å². The first-order chi connectivity index (χ1) is 6.45. The van der Waals surface area contributed by atoms with E-state index in [0.29, 0.717) is 5.56 Å². The molecule has 1 aromatic rings. The van der Waals surface area contributed by atoms with E-state index < -0.39 is 6.43 Å². The Bertz CT molecular complexity index is 375. The molecule has 2 N–H and O–H groups in total. The van der Waals surface area contributed by atoms with Crippen LogP contribution < -0.4 is 5.73 Å². The fraction of sp³-hybridized carbons (Fsp3) is 0.300. The fourth-order valence-corrected chi connectivity index (χ4v) is 1.45. The average Bonchev–Trinajstić information content (AvgIpc) is 2.07. The van der Waals surface area contributed by atoms with E-state index in [-0.39, 0.29) is 22.6 Å². The molecular formula is C10H11F2NO. The minimum absolute atomic E-state index is 0.0317. The van der Waals surface area contributed by atoms with Gasteiger partial charge in [-0.15, -0.1) is 0 Å². The lowest BCUT2D eigenvalue weighted by atomic mass is 9.97. The van der Waals surface area contributed by atoms with E-state index in [2.05, 4.69) is 0 Å². The van der Waals surface area contributed by atoms with Crippen LogP contribution in [-0.4, -0.2) is 5.78 Å². The van der Waals surface area contributed by atoms with Gasteiger partial charge in [0.25, 0.3) is 6.43 Å². The highest BCUT2D eigenvalue weighted by atomic mass is 19.3. The van der Waals surface area contributed by atoms with E-state index in [1.54, 1.807) is 13.0 Å². The Morgan fingerprint density at radius 3 is 2.36 bits per heavy atom. The number of ketones is 1. The summed E-state index contributed by atoms with van der Waals surface area (Å²) in [5.74, 6) is -0.384. The van der Waals surface area contributed by atoms with Crippen molar-refractivity contribution in [2.24, 2.45) is 0 Å². The molecule has 2 nitrogen and oxygen atoms in total. The topological polar surface area (TPSA) is 43.1 Å². The Balaban J connectivity index is 3.50. The number of carbonyl (C=O) groups excluding carboxylic acids is 1. The van der Waals surface area contributed by atoms with Crippen LogP contribution in [0.5, 0.6) is 0 Å². The number of alkyl halides is 2. The van der Waals surface area contributed by atoms with Gasteiger partial charge in [0.2, 0.25) is 0 Å². The molecular weight excluding hydrogens is 188 g/mol. The summed E-state index contributed by atoms with van der Waals surface area (Å²) >= 11 is 0. The third kappa shape index (κ3) is 1.73. The molecule has 0 aromatic heterocycles. The number of benzene rings is 1. The van der Waals surface area contributed by atoms with E-state index in [1.165, 1.54) is 13.0 Å². The van der Waals surface area contributed by atoms with Gasteiger partial charge >= 0.3 is 0 Å². The maximum atomic E-state index is 12.6. The molecule has 0 bridgehead atoms. The minimum Gasteiger partial charge on any atom is -0.398 e. The average molecular weight is 199 g/mol. The lowest BCUT2D eigenvalue weighted by Crippen LogP contribution is -2.06. The SMILES string of the molecule is CC(=O)c1c(C)ccc(N)c1C(F)F. The van der Waals surface area contributed by atoms with Crippen molar-refractivity contribution in [1.29, 1.82) is 0 Å². The van der Waals surface area contributed by atoms with Crippen LogP contribution in [0.1, 0.15) is 34.8 Å². The first kappa shape index (κ1) is 10.6. The number of aryl methyl sites for hydroxylation is 1. The predicted molar refractivity (Wildman–Crippen MR) is 50.6 cm³/mol. The summed E-state index contributed by atoms with van der Waals surface area (Å²) < 4.78 is 25.2. The third-order valence-corrected chi connectivity index (χ3v) is 2.06. The summed E-state index contributed by atoms with van der Waals surface area (Å²) in [6, 6.07) is 2.96. The standard InChI is InChI=1S/C10H11F2NO/c1-5-3-4-7(13)9(10(11)12)8(5)6(2)14/h3-4,10H,13H2,1-2H3. The second-order valence-electron chi connectivity index (χ2n) is 3.12. The zero-order chi connectivity index (χ0) is 10.9. The molecule has 0 amide bonds. The van der Waals surface area contributed by atoms with Crippen molar-refractivity contribution in [3.8, 4) is 0 Å². The van der Waals surface area contributed by atoms with Crippen LogP contribution in [0.25, 0.3) is 0 Å². The monoisotopic (exact) mass is 199 g/mol. The summed E-state index contributed by atoms with van der Waals surface area (Å²) in [6.07, 6.45) is -2.71. The maximum absolute atomic E-state index is 12.6. The zero-order valence-electron chi connectivity index (χ0n) is 7.97. The summed E-state index contributed by atoms with van der Waals surface area (Å²) in [4.78, 5) is 11.2. The summed E-state index contributed by atoms with van der Waals surface area (Å²) in [6.45, 7) is 2.87. The van der Waals surface area contributed by atoms with Gasteiger partial charge in [0.05, 0.1) is 5.56 Å². The number of hydrogen-bond acceptors (Lipinski definition) is 2. The highest BCUT2D eigenvalue weighted by Crippen LogP contribution is 2.30. The number of nitrogens with two attached hydrogens (primary N) is 1. The largest absolute Gasteiger partial charge is 0.398 e. The minimum atomic E-state index is -2.71. The molecule has 14 heavy (non-hydrogen) atoms. The lowest BCUT2D eigenvalue weighted by molar-refractivity contribution is 0.0998. The molecule has 0 fully saturated rings. The zero-order valence-corrected chi connectivity index (χ0v) is 7.97. The molecule has 0 saturated heterocycles. The van der Waals surface area contributed by atoms with Crippen LogP contribution in [-0.2, 0) is 0 Å². The first-order valence-corrected chi connectivity index (χ1v) is 4.13. The van der Waals surface area contributed by atoms with Crippen LogP contribution >= 0.6 is 0 Å². The van der Waals surface area contributed by atoms with Crippen LogP contribution in [0.4, 0.5) is 14.5 Å². The highest BCUT2D eigenvalue weighted by Gasteiger charge is 2.20. The van der Waals surface area contributed by atoms with E-state index in [9.17, 15) is 13.6 Å². The van der Waals surface area contributed by atoms with Gasteiger partial charge in [0, 0.05) is 11.3 Å². The van der Waals surface area contributed by atoms with Gasteiger partial charge in [-0.25, -0.2) is 8.78 Å². The predicted octanol–water partition coefficient (Wildman–Crippen LogP) is 2.72. The smallest absolute Gasteiger partial charge is 0.266 e. The maximum Gasteiger partial charge on any atom is 0.266 e. The summed E-state index contributed by atoms with van der Waals surface area (Å²) in [5.41, 5.74) is 5.59. The Morgan fingerprint density at radius 2 is 2.00 bits per heavy atom. The number of anilines is 1. The number of halogens is 2. The number of rotatable bonds is 2. The molecule has 0 radical (unpaired) electrons. The van der Waals surface area contributed by atoms with Crippen molar-refractivity contribution in [2.75, 3.05) is 5.73 Å². The molecule has 1 rings (SSSR count). The van der Waals surface area contributed by atoms with Gasteiger partial charge in [-0.2, -0.15) is 0 Å². The summed E-state index contributed by atoms with van der Waals surface area (Å²) in [7, 11) is 0. The molecule has 0 spiro atoms. The number of carbonyl (C=O) groups is 1. The third-order valence-electron chi connectivity index (χ3n) is 2.06. The quantitative estimate of drug-likeness (QED) is 0.587. The molecule has 1 aromatic carbocycles. The van der Waals surface area contributed by atoms with Crippen molar-refractivity contribution >= 4 is 11.5 Å². The van der Waals surface area contributed by atoms with Crippen molar-refractivity contribution in [1.82, 2.24) is 0 Å². The molecule has 0 saturated carbocycles. The second-order valence-corrected chi connectivity index (χ2v) is 3.12.